The van der Waals surface area contributed by atoms with Crippen LogP contribution < -0.4 is 0 Å². The number of rotatable bonds is 4. The van der Waals surface area contributed by atoms with Crippen molar-refractivity contribution < 1.29 is 21.1 Å². The van der Waals surface area contributed by atoms with Gasteiger partial charge in [-0.2, -0.15) is 0 Å². The zero-order chi connectivity index (χ0) is 22.0. The molecular weight excluding hydrogens is 595 g/mol. The van der Waals surface area contributed by atoms with Gasteiger partial charge in [-0.25, -0.2) is 0 Å². The molecule has 0 saturated carbocycles. The maximum Gasteiger partial charge on any atom is 2.00 e. The largest absolute Gasteiger partial charge is 2.00 e. The molecule has 4 aromatic carbocycles. The van der Waals surface area contributed by atoms with Crippen molar-refractivity contribution >= 4 is 21.5 Å². The van der Waals surface area contributed by atoms with Crippen molar-refractivity contribution in [2.75, 3.05) is 0 Å². The quantitative estimate of drug-likeness (QED) is 0.195. The molecule has 0 unspecified atom stereocenters. The van der Waals surface area contributed by atoms with Gasteiger partial charge in [-0.05, 0) is 29.9 Å². The van der Waals surface area contributed by atoms with Crippen molar-refractivity contribution in [2.45, 2.75) is 6.42 Å². The van der Waals surface area contributed by atoms with E-state index in [1.165, 1.54) is 10.8 Å². The summed E-state index contributed by atoms with van der Waals surface area (Å²) in [4.78, 5) is 9.19. The van der Waals surface area contributed by atoms with E-state index in [2.05, 4.69) is 82.8 Å². The molecule has 2 heterocycles. The van der Waals surface area contributed by atoms with Crippen LogP contribution in [-0.4, -0.2) is 9.97 Å². The summed E-state index contributed by atoms with van der Waals surface area (Å²) >= 11 is 0. The van der Waals surface area contributed by atoms with Crippen LogP contribution in [0.4, 0.5) is 0 Å². The Morgan fingerprint density at radius 1 is 0.529 bits per heavy atom. The molecule has 0 radical (unpaired) electrons. The summed E-state index contributed by atoms with van der Waals surface area (Å²) < 4.78 is 0. The number of nitrogens with zero attached hydrogens (tertiary/aromatic N) is 2. The molecule has 2 aromatic heterocycles. The van der Waals surface area contributed by atoms with Gasteiger partial charge in [-0.15, -0.1) is 57.3 Å². The Balaban J connectivity index is 0.00000241. The van der Waals surface area contributed by atoms with Crippen LogP contribution in [0.25, 0.3) is 44.1 Å². The Morgan fingerprint density at radius 3 is 1.41 bits per heavy atom. The Labute approximate surface area is 213 Å². The summed E-state index contributed by atoms with van der Waals surface area (Å²) in [5.41, 5.74) is 6.18. The molecule has 34 heavy (non-hydrogen) atoms. The predicted octanol–water partition coefficient (Wildman–Crippen LogP) is 7.31. The minimum Gasteiger partial charge on any atom is -0.305 e. The first-order chi connectivity index (χ1) is 16.3. The molecular formula is C31H20N2Pt. The van der Waals surface area contributed by atoms with Crippen LogP contribution in [0.15, 0.2) is 109 Å². The Hall–Kier alpha value is -3.61. The smallest absolute Gasteiger partial charge is 0.305 e. The van der Waals surface area contributed by atoms with Crippen molar-refractivity contribution in [2.24, 2.45) is 0 Å². The predicted molar refractivity (Wildman–Crippen MR) is 135 cm³/mol. The standard InChI is InChI=1S/C31H20N2.Pt/c1-3-11-26-24(9-1)18-22(20-28(26)30-13-5-7-15-32-30)17-23-19-25-10-2-4-12-27(25)29(21-23)31-14-6-8-16-33-31;/h1-16,18-19H,17H2;/q-2;+2. The molecule has 0 aliphatic carbocycles. The van der Waals surface area contributed by atoms with E-state index in [1.54, 1.807) is 0 Å². The minimum atomic E-state index is 0. The fourth-order valence-electron chi connectivity index (χ4n) is 4.43. The molecule has 164 valence electrons. The number of hydrogen-bond donors (Lipinski definition) is 0. The van der Waals surface area contributed by atoms with Crippen LogP contribution in [0.5, 0.6) is 0 Å². The third-order valence-electron chi connectivity index (χ3n) is 5.91. The van der Waals surface area contributed by atoms with Gasteiger partial charge in [-0.1, -0.05) is 83.6 Å². The summed E-state index contributed by atoms with van der Waals surface area (Å²) in [6.45, 7) is 0. The van der Waals surface area contributed by atoms with Gasteiger partial charge in [0.25, 0.3) is 0 Å². The second kappa shape index (κ2) is 9.71. The second-order valence-electron chi connectivity index (χ2n) is 8.12. The van der Waals surface area contributed by atoms with E-state index in [-0.39, 0.29) is 21.1 Å². The maximum atomic E-state index is 4.59. The average Bonchev–Trinajstić information content (AvgIpc) is 2.89. The molecule has 0 spiro atoms. The van der Waals surface area contributed by atoms with Crippen molar-refractivity contribution in [1.29, 1.82) is 0 Å². The summed E-state index contributed by atoms with van der Waals surface area (Å²) in [5.74, 6) is 0. The van der Waals surface area contributed by atoms with Crippen molar-refractivity contribution in [3.63, 3.8) is 0 Å². The minimum absolute atomic E-state index is 0. The first-order valence-electron chi connectivity index (χ1n) is 11.1. The first kappa shape index (κ1) is 22.2. The van der Waals surface area contributed by atoms with Crippen LogP contribution in [0.2, 0.25) is 0 Å². The third kappa shape index (κ3) is 4.30. The van der Waals surface area contributed by atoms with Gasteiger partial charge in [0, 0.05) is 12.4 Å². The SMILES string of the molecule is [Pt+2].[c-]1c(Cc2[c-]c(-c3ccccn3)c3ccccc3c2)cc2ccccc2c1-c1ccccn1. The normalized spacial score (nSPS) is 10.8. The molecule has 2 nitrogen and oxygen atoms in total. The van der Waals surface area contributed by atoms with E-state index in [9.17, 15) is 0 Å². The van der Waals surface area contributed by atoms with E-state index in [4.69, 9.17) is 0 Å². The van der Waals surface area contributed by atoms with E-state index >= 15 is 0 Å². The van der Waals surface area contributed by atoms with Crippen LogP contribution in [0, 0.1) is 12.1 Å². The molecule has 0 fully saturated rings. The topological polar surface area (TPSA) is 25.8 Å². The Bertz CT molecular complexity index is 1460. The van der Waals surface area contributed by atoms with Crippen LogP contribution in [0.1, 0.15) is 11.1 Å². The molecule has 6 rings (SSSR count). The molecule has 0 aliphatic heterocycles. The van der Waals surface area contributed by atoms with E-state index in [1.807, 2.05) is 48.8 Å². The molecule has 3 heteroatoms. The fourth-order valence-corrected chi connectivity index (χ4v) is 4.43. The molecule has 6 aromatic rings. The molecule has 0 bridgehead atoms. The van der Waals surface area contributed by atoms with Gasteiger partial charge in [-0.3, -0.25) is 0 Å². The zero-order valence-electron chi connectivity index (χ0n) is 18.3. The number of pyridine rings is 2. The second-order valence-corrected chi connectivity index (χ2v) is 8.12. The number of aromatic nitrogens is 2. The zero-order valence-corrected chi connectivity index (χ0v) is 20.6. The Morgan fingerprint density at radius 2 is 0.971 bits per heavy atom. The van der Waals surface area contributed by atoms with Gasteiger partial charge in [0.1, 0.15) is 0 Å². The summed E-state index contributed by atoms with van der Waals surface area (Å²) in [7, 11) is 0. The molecule has 0 aliphatic rings. The van der Waals surface area contributed by atoms with E-state index in [0.29, 0.717) is 0 Å². The van der Waals surface area contributed by atoms with Gasteiger partial charge in [0.05, 0.1) is 0 Å². The first-order valence-corrected chi connectivity index (χ1v) is 11.1. The maximum absolute atomic E-state index is 4.59. The third-order valence-corrected chi connectivity index (χ3v) is 5.91. The van der Waals surface area contributed by atoms with Crippen molar-refractivity contribution in [3.8, 4) is 22.5 Å². The fraction of sp³-hybridized carbons (Fsp3) is 0.0323. The molecule has 0 amide bonds. The van der Waals surface area contributed by atoms with Gasteiger partial charge >= 0.3 is 21.1 Å². The number of fused-ring (bicyclic) bond motifs is 2. The van der Waals surface area contributed by atoms with Crippen molar-refractivity contribution in [1.82, 2.24) is 9.97 Å². The molecule has 0 atom stereocenters. The summed E-state index contributed by atoms with van der Waals surface area (Å²) in [6, 6.07) is 40.7. The van der Waals surface area contributed by atoms with Crippen molar-refractivity contribution in [3.05, 3.63) is 133 Å². The van der Waals surface area contributed by atoms with Crippen LogP contribution in [0.3, 0.4) is 0 Å². The van der Waals surface area contributed by atoms with Gasteiger partial charge in [0.2, 0.25) is 0 Å². The van der Waals surface area contributed by atoms with Gasteiger partial charge in [0.15, 0.2) is 0 Å². The van der Waals surface area contributed by atoms with Crippen LogP contribution in [-0.2, 0) is 27.5 Å². The molecule has 0 N–H and O–H groups in total. The number of hydrogen-bond acceptors (Lipinski definition) is 2. The Kier molecular flexibility index (Phi) is 6.34. The molecule has 0 saturated heterocycles. The van der Waals surface area contributed by atoms with Crippen LogP contribution >= 0.6 is 0 Å². The summed E-state index contributed by atoms with van der Waals surface area (Å²) in [6.07, 6.45) is 4.40. The van der Waals surface area contributed by atoms with E-state index < -0.39 is 0 Å². The van der Waals surface area contributed by atoms with E-state index in [0.717, 1.165) is 50.8 Å². The average molecular weight is 616 g/mol. The number of benzene rings is 4. The monoisotopic (exact) mass is 615 g/mol. The summed E-state index contributed by atoms with van der Waals surface area (Å²) in [5, 5.41) is 4.71. The van der Waals surface area contributed by atoms with Gasteiger partial charge < -0.3 is 9.97 Å².